The fourth-order valence-electron chi connectivity index (χ4n) is 2.70. The van der Waals surface area contributed by atoms with Crippen LogP contribution in [0, 0.1) is 6.92 Å². The molecule has 1 aliphatic rings. The van der Waals surface area contributed by atoms with Gasteiger partial charge in [-0.1, -0.05) is 11.2 Å². The van der Waals surface area contributed by atoms with Gasteiger partial charge in [-0.3, -0.25) is 9.48 Å². The van der Waals surface area contributed by atoms with Gasteiger partial charge in [0.05, 0.1) is 11.4 Å². The summed E-state index contributed by atoms with van der Waals surface area (Å²) in [5, 5.41) is 13.4. The smallest absolute Gasteiger partial charge is 0.273 e. The summed E-state index contributed by atoms with van der Waals surface area (Å²) in [5.74, 6) is 1.02. The Hall–Kier alpha value is -2.41. The van der Waals surface area contributed by atoms with Gasteiger partial charge in [-0.15, -0.1) is 11.3 Å². The molecule has 0 unspecified atom stereocenters. The van der Waals surface area contributed by atoms with Crippen molar-refractivity contribution in [3.8, 4) is 10.6 Å². The molecule has 7 heteroatoms. The summed E-state index contributed by atoms with van der Waals surface area (Å²) in [7, 11) is 0. The first-order valence-corrected chi connectivity index (χ1v) is 8.92. The van der Waals surface area contributed by atoms with Crippen molar-refractivity contribution in [1.29, 1.82) is 0 Å². The van der Waals surface area contributed by atoms with Crippen LogP contribution in [0.5, 0.6) is 0 Å². The second-order valence-corrected chi connectivity index (χ2v) is 6.96. The number of nitrogens with zero attached hydrogens (tertiary/aromatic N) is 3. The highest BCUT2D eigenvalue weighted by Crippen LogP contribution is 2.41. The molecule has 0 aliphatic heterocycles. The van der Waals surface area contributed by atoms with Crippen LogP contribution in [0.15, 0.2) is 34.2 Å². The molecule has 6 nitrogen and oxygen atoms in total. The Balaban J connectivity index is 1.43. The Kier molecular flexibility index (Phi) is 3.93. The number of hydrogen-bond donors (Lipinski definition) is 1. The summed E-state index contributed by atoms with van der Waals surface area (Å²) in [4.78, 5) is 13.2. The van der Waals surface area contributed by atoms with E-state index in [2.05, 4.69) is 28.0 Å². The van der Waals surface area contributed by atoms with Crippen LogP contribution in [0.4, 0.5) is 0 Å². The highest BCUT2D eigenvalue weighted by atomic mass is 32.1. The Morgan fingerprint density at radius 2 is 2.33 bits per heavy atom. The van der Waals surface area contributed by atoms with Crippen LogP contribution in [0.1, 0.15) is 40.7 Å². The van der Waals surface area contributed by atoms with Gasteiger partial charge in [-0.2, -0.15) is 5.10 Å². The van der Waals surface area contributed by atoms with Crippen molar-refractivity contribution >= 4 is 17.2 Å². The van der Waals surface area contributed by atoms with E-state index in [1.54, 1.807) is 24.3 Å². The predicted octanol–water partition coefficient (Wildman–Crippen LogP) is 3.22. The first kappa shape index (κ1) is 15.1. The van der Waals surface area contributed by atoms with Gasteiger partial charge in [0.1, 0.15) is 11.5 Å². The van der Waals surface area contributed by atoms with Crippen LogP contribution in [0.3, 0.4) is 0 Å². The molecule has 1 saturated carbocycles. The fourth-order valence-corrected chi connectivity index (χ4v) is 3.38. The largest absolute Gasteiger partial charge is 0.361 e. The van der Waals surface area contributed by atoms with E-state index < -0.39 is 0 Å². The third kappa shape index (κ3) is 3.12. The lowest BCUT2D eigenvalue weighted by atomic mass is 10.2. The highest BCUT2D eigenvalue weighted by Gasteiger charge is 2.28. The minimum absolute atomic E-state index is 0.217. The number of aromatic nitrogens is 3. The standard InChI is InChI=1S/C17H18N4O2S/c1-11-9-14(20-23-11)17(22)18-6-7-21-15(12-4-5-12)10-13(19-21)16-3-2-8-24-16/h2-3,8-10,12H,4-7H2,1H3,(H,18,22). The molecule has 0 aromatic carbocycles. The van der Waals surface area contributed by atoms with E-state index in [1.807, 2.05) is 10.7 Å². The molecule has 1 aliphatic carbocycles. The van der Waals surface area contributed by atoms with E-state index in [0.717, 1.165) is 5.69 Å². The summed E-state index contributed by atoms with van der Waals surface area (Å²) < 4.78 is 6.96. The van der Waals surface area contributed by atoms with Crippen molar-refractivity contribution in [2.24, 2.45) is 0 Å². The summed E-state index contributed by atoms with van der Waals surface area (Å²) in [5.41, 5.74) is 2.60. The maximum Gasteiger partial charge on any atom is 0.273 e. The first-order chi connectivity index (χ1) is 11.7. The Morgan fingerprint density at radius 1 is 1.46 bits per heavy atom. The zero-order valence-electron chi connectivity index (χ0n) is 13.4. The maximum absolute atomic E-state index is 12.0. The molecule has 124 valence electrons. The van der Waals surface area contributed by atoms with Crippen molar-refractivity contribution in [1.82, 2.24) is 20.3 Å². The second-order valence-electron chi connectivity index (χ2n) is 6.01. The quantitative estimate of drug-likeness (QED) is 0.746. The molecule has 0 radical (unpaired) electrons. The number of carbonyl (C=O) groups is 1. The Labute approximate surface area is 143 Å². The molecule has 0 saturated heterocycles. The Bertz CT molecular complexity index is 846. The van der Waals surface area contributed by atoms with Gasteiger partial charge in [0.25, 0.3) is 5.91 Å². The highest BCUT2D eigenvalue weighted by molar-refractivity contribution is 7.13. The molecule has 4 rings (SSSR count). The van der Waals surface area contributed by atoms with Crippen molar-refractivity contribution < 1.29 is 9.32 Å². The van der Waals surface area contributed by atoms with E-state index in [4.69, 9.17) is 9.62 Å². The fraction of sp³-hybridized carbons (Fsp3) is 0.353. The van der Waals surface area contributed by atoms with Crippen LogP contribution in [-0.4, -0.2) is 27.4 Å². The average molecular weight is 342 g/mol. The lowest BCUT2D eigenvalue weighted by Gasteiger charge is -2.07. The normalized spacial score (nSPS) is 14.0. The lowest BCUT2D eigenvalue weighted by molar-refractivity contribution is 0.0942. The molecule has 0 atom stereocenters. The zero-order valence-corrected chi connectivity index (χ0v) is 14.2. The molecular formula is C17H18N4O2S. The summed E-state index contributed by atoms with van der Waals surface area (Å²) >= 11 is 1.69. The van der Waals surface area contributed by atoms with Gasteiger partial charge < -0.3 is 9.84 Å². The van der Waals surface area contributed by atoms with Crippen LogP contribution in [-0.2, 0) is 6.54 Å². The number of hydrogen-bond acceptors (Lipinski definition) is 5. The molecule has 1 fully saturated rings. The van der Waals surface area contributed by atoms with Crippen LogP contribution >= 0.6 is 11.3 Å². The van der Waals surface area contributed by atoms with Crippen molar-refractivity contribution in [3.63, 3.8) is 0 Å². The van der Waals surface area contributed by atoms with Crippen molar-refractivity contribution in [2.75, 3.05) is 6.54 Å². The first-order valence-electron chi connectivity index (χ1n) is 8.04. The van der Waals surface area contributed by atoms with Crippen LogP contribution < -0.4 is 5.32 Å². The van der Waals surface area contributed by atoms with Gasteiger partial charge >= 0.3 is 0 Å². The van der Waals surface area contributed by atoms with E-state index in [-0.39, 0.29) is 5.91 Å². The molecule has 3 aromatic heterocycles. The molecule has 0 spiro atoms. The van der Waals surface area contributed by atoms with Gasteiger partial charge in [0.2, 0.25) is 0 Å². The monoisotopic (exact) mass is 342 g/mol. The average Bonchev–Trinajstić information content (AvgIpc) is 2.99. The van der Waals surface area contributed by atoms with E-state index in [1.165, 1.54) is 23.4 Å². The van der Waals surface area contributed by atoms with Gasteiger partial charge in [0.15, 0.2) is 5.69 Å². The van der Waals surface area contributed by atoms with E-state index in [0.29, 0.717) is 30.5 Å². The molecule has 1 N–H and O–H groups in total. The summed E-state index contributed by atoms with van der Waals surface area (Å²) in [6.07, 6.45) is 2.44. The van der Waals surface area contributed by atoms with Crippen molar-refractivity contribution in [2.45, 2.75) is 32.2 Å². The van der Waals surface area contributed by atoms with Gasteiger partial charge in [-0.05, 0) is 37.3 Å². The molecule has 3 heterocycles. The van der Waals surface area contributed by atoms with Crippen molar-refractivity contribution in [3.05, 3.63) is 46.8 Å². The van der Waals surface area contributed by atoms with Gasteiger partial charge in [-0.25, -0.2) is 0 Å². The molecule has 24 heavy (non-hydrogen) atoms. The Morgan fingerprint density at radius 3 is 3.00 bits per heavy atom. The molecule has 3 aromatic rings. The predicted molar refractivity (Wildman–Crippen MR) is 91.1 cm³/mol. The molecule has 0 bridgehead atoms. The van der Waals surface area contributed by atoms with E-state index in [9.17, 15) is 4.79 Å². The second kappa shape index (κ2) is 6.24. The molecule has 1 amide bonds. The summed E-state index contributed by atoms with van der Waals surface area (Å²) in [6.45, 7) is 2.93. The number of aryl methyl sites for hydroxylation is 1. The van der Waals surface area contributed by atoms with Gasteiger partial charge in [0, 0.05) is 24.2 Å². The minimum Gasteiger partial charge on any atom is -0.361 e. The third-order valence-corrected chi connectivity index (χ3v) is 4.94. The number of thiophene rings is 1. The number of carbonyl (C=O) groups excluding carboxylic acids is 1. The molecular weight excluding hydrogens is 324 g/mol. The third-order valence-electron chi connectivity index (χ3n) is 4.05. The number of rotatable bonds is 6. The maximum atomic E-state index is 12.0. The van der Waals surface area contributed by atoms with E-state index >= 15 is 0 Å². The number of amides is 1. The minimum atomic E-state index is -0.217. The van der Waals surface area contributed by atoms with Crippen LogP contribution in [0.25, 0.3) is 10.6 Å². The SMILES string of the molecule is Cc1cc(C(=O)NCCn2nc(-c3cccs3)cc2C2CC2)no1. The lowest BCUT2D eigenvalue weighted by Crippen LogP contribution is -2.28. The topological polar surface area (TPSA) is 73.0 Å². The van der Waals surface area contributed by atoms with Crippen LogP contribution in [0.2, 0.25) is 0 Å². The summed E-state index contributed by atoms with van der Waals surface area (Å²) in [6, 6.07) is 7.94. The zero-order chi connectivity index (χ0) is 16.5. The number of nitrogens with one attached hydrogen (secondary N) is 1.